The van der Waals surface area contributed by atoms with E-state index in [2.05, 4.69) is 9.44 Å². The second-order valence-corrected chi connectivity index (χ2v) is 5.92. The molecule has 3 N–H and O–H groups in total. The second kappa shape index (κ2) is 5.57. The Hall–Kier alpha value is -0.980. The quantitative estimate of drug-likeness (QED) is 0.720. The van der Waals surface area contributed by atoms with Crippen molar-refractivity contribution in [1.29, 1.82) is 0 Å². The van der Waals surface area contributed by atoms with Gasteiger partial charge in [-0.2, -0.15) is 13.1 Å². The summed E-state index contributed by atoms with van der Waals surface area (Å²) in [6.45, 7) is 4.14. The Morgan fingerprint density at radius 2 is 2.06 bits per heavy atom. The molecule has 0 fully saturated rings. The number of hydrogen-bond donors (Lipinski definition) is 3. The molecule has 96 valence electrons. The van der Waals surface area contributed by atoms with Crippen molar-refractivity contribution in [3.05, 3.63) is 23.2 Å². The summed E-state index contributed by atoms with van der Waals surface area (Å²) < 4.78 is 27.9. The molecule has 5 nitrogen and oxygen atoms in total. The van der Waals surface area contributed by atoms with Gasteiger partial charge >= 0.3 is 0 Å². The number of aromatic hydroxyl groups is 1. The molecule has 0 saturated carbocycles. The molecule has 0 aliphatic rings. The van der Waals surface area contributed by atoms with Gasteiger partial charge in [-0.25, -0.2) is 0 Å². The van der Waals surface area contributed by atoms with Gasteiger partial charge in [0.05, 0.1) is 10.7 Å². The molecule has 1 aromatic carbocycles. The van der Waals surface area contributed by atoms with Crippen molar-refractivity contribution in [2.75, 3.05) is 11.3 Å². The normalized spacial score (nSPS) is 11.8. The molecule has 0 radical (unpaired) electrons. The van der Waals surface area contributed by atoms with Gasteiger partial charge in [0.2, 0.25) is 0 Å². The Morgan fingerprint density at radius 3 is 2.59 bits per heavy atom. The topological polar surface area (TPSA) is 78.4 Å². The molecule has 0 spiro atoms. The largest absolute Gasteiger partial charge is 0.508 e. The fourth-order valence-corrected chi connectivity index (χ4v) is 2.41. The number of rotatable bonds is 5. The van der Waals surface area contributed by atoms with E-state index < -0.39 is 10.2 Å². The highest BCUT2D eigenvalue weighted by Crippen LogP contribution is 2.26. The molecule has 17 heavy (non-hydrogen) atoms. The third-order valence-electron chi connectivity index (χ3n) is 1.88. The van der Waals surface area contributed by atoms with E-state index in [0.29, 0.717) is 6.54 Å². The molecule has 0 atom stereocenters. The van der Waals surface area contributed by atoms with E-state index in [1.54, 1.807) is 0 Å². The molecule has 1 aromatic rings. The maximum absolute atomic E-state index is 11.6. The first-order valence-electron chi connectivity index (χ1n) is 5.06. The zero-order valence-electron chi connectivity index (χ0n) is 9.57. The third kappa shape index (κ3) is 4.80. The molecule has 0 aliphatic carbocycles. The molecule has 0 aromatic heterocycles. The van der Waals surface area contributed by atoms with E-state index >= 15 is 0 Å². The monoisotopic (exact) mass is 278 g/mol. The van der Waals surface area contributed by atoms with Crippen LogP contribution in [0.1, 0.15) is 13.8 Å². The van der Waals surface area contributed by atoms with Crippen LogP contribution in [0.3, 0.4) is 0 Å². The van der Waals surface area contributed by atoms with Gasteiger partial charge in [-0.3, -0.25) is 4.72 Å². The van der Waals surface area contributed by atoms with Gasteiger partial charge in [0.25, 0.3) is 10.2 Å². The van der Waals surface area contributed by atoms with Gasteiger partial charge < -0.3 is 5.11 Å². The number of benzene rings is 1. The van der Waals surface area contributed by atoms with E-state index in [1.807, 2.05) is 13.8 Å². The number of nitrogens with one attached hydrogen (secondary N) is 2. The summed E-state index contributed by atoms with van der Waals surface area (Å²) in [5.41, 5.74) is 0.223. The van der Waals surface area contributed by atoms with E-state index in [9.17, 15) is 8.42 Å². The number of phenols is 1. The Morgan fingerprint density at radius 1 is 1.41 bits per heavy atom. The summed E-state index contributed by atoms with van der Waals surface area (Å²) in [6, 6.07) is 4.01. The fraction of sp³-hybridized carbons (Fsp3) is 0.400. The molecule has 0 bridgehead atoms. The Bertz CT molecular complexity index is 488. The smallest absolute Gasteiger partial charge is 0.299 e. The zero-order valence-corrected chi connectivity index (χ0v) is 11.1. The lowest BCUT2D eigenvalue weighted by molar-refractivity contribution is 0.475. The van der Waals surface area contributed by atoms with E-state index in [1.165, 1.54) is 18.2 Å². The average Bonchev–Trinajstić information content (AvgIpc) is 2.20. The molecular formula is C10H15ClN2O3S. The van der Waals surface area contributed by atoms with Crippen molar-refractivity contribution in [1.82, 2.24) is 4.72 Å². The first-order valence-corrected chi connectivity index (χ1v) is 6.92. The van der Waals surface area contributed by atoms with Crippen LogP contribution in [0.15, 0.2) is 18.2 Å². The molecule has 0 unspecified atom stereocenters. The number of anilines is 1. The maximum atomic E-state index is 11.6. The van der Waals surface area contributed by atoms with Crippen LogP contribution in [0.5, 0.6) is 5.75 Å². The van der Waals surface area contributed by atoms with E-state index in [4.69, 9.17) is 16.7 Å². The highest BCUT2D eigenvalue weighted by molar-refractivity contribution is 7.90. The third-order valence-corrected chi connectivity index (χ3v) is 3.23. The summed E-state index contributed by atoms with van der Waals surface area (Å²) in [7, 11) is -3.63. The minimum absolute atomic E-state index is 0.0203. The predicted molar refractivity (Wildman–Crippen MR) is 68.5 cm³/mol. The minimum Gasteiger partial charge on any atom is -0.508 e. The number of halogens is 1. The minimum atomic E-state index is -3.63. The standard InChI is InChI=1S/C10H15ClN2O3S/c1-7(2)6-12-17(15,16)13-10-4-3-8(14)5-9(10)11/h3-5,7,12-14H,6H2,1-2H3. The van der Waals surface area contributed by atoms with Crippen molar-refractivity contribution in [3.8, 4) is 5.75 Å². The highest BCUT2D eigenvalue weighted by atomic mass is 35.5. The van der Waals surface area contributed by atoms with Crippen LogP contribution < -0.4 is 9.44 Å². The summed E-state index contributed by atoms with van der Waals surface area (Å²) in [6.07, 6.45) is 0. The molecule has 0 saturated heterocycles. The Kier molecular flexibility index (Phi) is 4.62. The van der Waals surface area contributed by atoms with Crippen LogP contribution in [0.25, 0.3) is 0 Å². The SMILES string of the molecule is CC(C)CNS(=O)(=O)Nc1ccc(O)cc1Cl. The van der Waals surface area contributed by atoms with Gasteiger partial charge in [-0.05, 0) is 18.1 Å². The highest BCUT2D eigenvalue weighted by Gasteiger charge is 2.12. The molecule has 1 rings (SSSR count). The summed E-state index contributed by atoms with van der Waals surface area (Å²) in [5, 5.41) is 9.27. The van der Waals surface area contributed by atoms with Crippen LogP contribution in [-0.4, -0.2) is 20.1 Å². The van der Waals surface area contributed by atoms with Crippen molar-refractivity contribution >= 4 is 27.5 Å². The lowest BCUT2D eigenvalue weighted by Gasteiger charge is -2.12. The summed E-state index contributed by atoms with van der Waals surface area (Å²) in [5.74, 6) is 0.190. The number of hydrogen-bond acceptors (Lipinski definition) is 3. The predicted octanol–water partition coefficient (Wildman–Crippen LogP) is 1.95. The lowest BCUT2D eigenvalue weighted by Crippen LogP contribution is -2.32. The molecule has 0 heterocycles. The summed E-state index contributed by atoms with van der Waals surface area (Å²) >= 11 is 5.78. The van der Waals surface area contributed by atoms with Crippen LogP contribution in [-0.2, 0) is 10.2 Å². The Balaban J connectivity index is 2.76. The van der Waals surface area contributed by atoms with Gasteiger partial charge in [0.1, 0.15) is 5.75 Å². The van der Waals surface area contributed by atoms with Crippen LogP contribution in [0.4, 0.5) is 5.69 Å². The van der Waals surface area contributed by atoms with Crippen LogP contribution >= 0.6 is 11.6 Å². The van der Waals surface area contributed by atoms with Crippen molar-refractivity contribution in [2.24, 2.45) is 5.92 Å². The fourth-order valence-electron chi connectivity index (χ4n) is 1.04. The van der Waals surface area contributed by atoms with Gasteiger partial charge in [0, 0.05) is 12.6 Å². The van der Waals surface area contributed by atoms with Crippen molar-refractivity contribution < 1.29 is 13.5 Å². The van der Waals surface area contributed by atoms with Gasteiger partial charge in [0.15, 0.2) is 0 Å². The summed E-state index contributed by atoms with van der Waals surface area (Å²) in [4.78, 5) is 0. The Labute approximate surface area is 106 Å². The molecule has 0 amide bonds. The molecular weight excluding hydrogens is 264 g/mol. The first kappa shape index (κ1) is 14.1. The van der Waals surface area contributed by atoms with Gasteiger partial charge in [-0.15, -0.1) is 0 Å². The number of phenolic OH excluding ortho intramolecular Hbond substituents is 1. The average molecular weight is 279 g/mol. The van der Waals surface area contributed by atoms with E-state index in [-0.39, 0.29) is 22.4 Å². The van der Waals surface area contributed by atoms with Crippen molar-refractivity contribution in [2.45, 2.75) is 13.8 Å². The van der Waals surface area contributed by atoms with E-state index in [0.717, 1.165) is 0 Å². The lowest BCUT2D eigenvalue weighted by atomic mass is 10.2. The van der Waals surface area contributed by atoms with Crippen LogP contribution in [0, 0.1) is 5.92 Å². The molecule has 0 aliphatic heterocycles. The maximum Gasteiger partial charge on any atom is 0.299 e. The zero-order chi connectivity index (χ0) is 13.1. The second-order valence-electron chi connectivity index (χ2n) is 4.01. The van der Waals surface area contributed by atoms with Gasteiger partial charge in [-0.1, -0.05) is 25.4 Å². The molecule has 7 heteroatoms. The van der Waals surface area contributed by atoms with Crippen molar-refractivity contribution in [3.63, 3.8) is 0 Å². The van der Waals surface area contributed by atoms with Crippen LogP contribution in [0.2, 0.25) is 5.02 Å². The first-order chi connectivity index (χ1) is 7.80.